The summed E-state index contributed by atoms with van der Waals surface area (Å²) in [6.07, 6.45) is 4.83. The molecule has 1 aliphatic carbocycles. The molecule has 1 aromatic carbocycles. The van der Waals surface area contributed by atoms with Crippen LogP contribution in [0.4, 0.5) is 4.79 Å². The highest BCUT2D eigenvalue weighted by Crippen LogP contribution is 2.35. The maximum Gasteiger partial charge on any atom is 0.321 e. The number of nitrogens with one attached hydrogen (secondary N) is 2. The maximum atomic E-state index is 13.7. The van der Waals surface area contributed by atoms with Crippen LogP contribution >= 0.6 is 23.1 Å². The predicted molar refractivity (Wildman–Crippen MR) is 133 cm³/mol. The number of amides is 3. The van der Waals surface area contributed by atoms with Gasteiger partial charge in [-0.05, 0) is 57.1 Å². The van der Waals surface area contributed by atoms with Crippen molar-refractivity contribution in [2.24, 2.45) is 0 Å². The van der Waals surface area contributed by atoms with Gasteiger partial charge in [-0.25, -0.2) is 9.78 Å². The molecule has 1 unspecified atom stereocenters. The molecule has 3 amide bonds. The quantitative estimate of drug-likeness (QED) is 0.392. The number of aromatic nitrogens is 2. The van der Waals surface area contributed by atoms with Gasteiger partial charge >= 0.3 is 6.03 Å². The van der Waals surface area contributed by atoms with Gasteiger partial charge in [-0.2, -0.15) is 0 Å². The smallest absolute Gasteiger partial charge is 0.321 e. The highest BCUT2D eigenvalue weighted by molar-refractivity contribution is 8.00. The van der Waals surface area contributed by atoms with Gasteiger partial charge in [-0.1, -0.05) is 42.1 Å². The van der Waals surface area contributed by atoms with Crippen molar-refractivity contribution in [1.29, 1.82) is 0 Å². The molecular formula is C24H28N4O3S2. The van der Waals surface area contributed by atoms with Gasteiger partial charge in [0.25, 0.3) is 5.56 Å². The molecule has 4 rings (SSSR count). The monoisotopic (exact) mass is 484 g/mol. The summed E-state index contributed by atoms with van der Waals surface area (Å²) in [6.45, 7) is 4.41. The first-order valence-electron chi connectivity index (χ1n) is 11.3. The van der Waals surface area contributed by atoms with E-state index >= 15 is 0 Å². The number of rotatable bonds is 7. The van der Waals surface area contributed by atoms with Crippen LogP contribution in [0.2, 0.25) is 0 Å². The minimum atomic E-state index is -0.588. The van der Waals surface area contributed by atoms with E-state index < -0.39 is 17.2 Å². The fourth-order valence-corrected chi connectivity index (χ4v) is 6.26. The number of imide groups is 1. The number of fused-ring (bicyclic) bond motifs is 3. The topological polar surface area (TPSA) is 93.1 Å². The summed E-state index contributed by atoms with van der Waals surface area (Å²) in [4.78, 5) is 44.8. The number of carbonyl (C=O) groups excluding carboxylic acids is 2. The van der Waals surface area contributed by atoms with Crippen molar-refractivity contribution in [1.82, 2.24) is 20.2 Å². The van der Waals surface area contributed by atoms with Gasteiger partial charge in [0.15, 0.2) is 5.16 Å². The number of carbonyl (C=O) groups is 2. The van der Waals surface area contributed by atoms with Crippen molar-refractivity contribution >= 4 is 45.3 Å². The lowest BCUT2D eigenvalue weighted by atomic mass is 9.97. The summed E-state index contributed by atoms with van der Waals surface area (Å²) in [5, 5.41) is 5.57. The second-order valence-corrected chi connectivity index (χ2v) is 10.5. The summed E-state index contributed by atoms with van der Waals surface area (Å²) in [6, 6.07) is 9.50. The van der Waals surface area contributed by atoms with Gasteiger partial charge in [0.2, 0.25) is 5.91 Å². The molecule has 0 radical (unpaired) electrons. The number of hydrogen-bond acceptors (Lipinski definition) is 6. The Bertz CT molecular complexity index is 1220. The van der Waals surface area contributed by atoms with Gasteiger partial charge in [0.05, 0.1) is 10.6 Å². The third kappa shape index (κ3) is 5.30. The molecule has 1 aliphatic rings. The predicted octanol–water partition coefficient (Wildman–Crippen LogP) is 3.91. The zero-order chi connectivity index (χ0) is 23.4. The number of aryl methyl sites for hydroxylation is 3. The summed E-state index contributed by atoms with van der Waals surface area (Å²) < 4.78 is 1.71. The van der Waals surface area contributed by atoms with Crippen LogP contribution in [0, 0.1) is 0 Å². The number of thioether (sulfide) groups is 1. The van der Waals surface area contributed by atoms with Crippen LogP contribution in [0.5, 0.6) is 0 Å². The molecule has 2 N–H and O–H groups in total. The number of urea groups is 1. The van der Waals surface area contributed by atoms with Crippen molar-refractivity contribution in [2.45, 2.75) is 62.9 Å². The summed E-state index contributed by atoms with van der Waals surface area (Å²) in [5.41, 5.74) is 2.26. The van der Waals surface area contributed by atoms with E-state index in [0.717, 1.165) is 47.0 Å². The number of thiophene rings is 1. The van der Waals surface area contributed by atoms with Crippen LogP contribution < -0.4 is 16.2 Å². The molecule has 0 saturated heterocycles. The van der Waals surface area contributed by atoms with Crippen molar-refractivity contribution < 1.29 is 9.59 Å². The van der Waals surface area contributed by atoms with Crippen molar-refractivity contribution in [3.05, 3.63) is 56.7 Å². The Morgan fingerprint density at radius 2 is 1.97 bits per heavy atom. The first-order chi connectivity index (χ1) is 16.0. The van der Waals surface area contributed by atoms with Crippen LogP contribution in [0.3, 0.4) is 0 Å². The molecular weight excluding hydrogens is 456 g/mol. The van der Waals surface area contributed by atoms with E-state index in [0.29, 0.717) is 24.7 Å². The van der Waals surface area contributed by atoms with Crippen molar-refractivity contribution in [2.75, 3.05) is 6.54 Å². The highest BCUT2D eigenvalue weighted by atomic mass is 32.2. The fourth-order valence-electron chi connectivity index (χ4n) is 4.02. The Labute approximate surface area is 201 Å². The summed E-state index contributed by atoms with van der Waals surface area (Å²) in [7, 11) is 0. The third-order valence-electron chi connectivity index (χ3n) is 5.73. The lowest BCUT2D eigenvalue weighted by Crippen LogP contribution is -2.42. The molecule has 7 nitrogen and oxygen atoms in total. The van der Waals surface area contributed by atoms with E-state index in [2.05, 4.69) is 10.6 Å². The number of hydrogen-bond donors (Lipinski definition) is 2. The van der Waals surface area contributed by atoms with E-state index in [1.54, 1.807) is 29.8 Å². The van der Waals surface area contributed by atoms with E-state index in [9.17, 15) is 14.4 Å². The lowest BCUT2D eigenvalue weighted by molar-refractivity contribution is -0.119. The molecule has 33 heavy (non-hydrogen) atoms. The fraction of sp³-hybridized carbons (Fsp3) is 0.417. The van der Waals surface area contributed by atoms with Crippen LogP contribution in [0.25, 0.3) is 10.2 Å². The van der Waals surface area contributed by atoms with Crippen molar-refractivity contribution in [3.8, 4) is 0 Å². The Balaban J connectivity index is 1.68. The Morgan fingerprint density at radius 1 is 1.21 bits per heavy atom. The van der Waals surface area contributed by atoms with E-state index in [1.165, 1.54) is 16.6 Å². The SMILES string of the molecule is CCNC(=O)NC(=O)C(C)Sc1nc2sc3c(c2c(=O)n1CCc1ccccc1)CCCC3. The molecule has 3 aromatic rings. The van der Waals surface area contributed by atoms with Gasteiger partial charge in [0.1, 0.15) is 4.83 Å². The molecule has 9 heteroatoms. The van der Waals surface area contributed by atoms with E-state index in [1.807, 2.05) is 30.3 Å². The van der Waals surface area contributed by atoms with Gasteiger partial charge < -0.3 is 5.32 Å². The molecule has 2 aromatic heterocycles. The third-order valence-corrected chi connectivity index (χ3v) is 8.01. The minimum absolute atomic E-state index is 0.0332. The average Bonchev–Trinajstić information content (AvgIpc) is 3.18. The molecule has 0 saturated carbocycles. The average molecular weight is 485 g/mol. The highest BCUT2D eigenvalue weighted by Gasteiger charge is 2.25. The molecule has 2 heterocycles. The molecule has 0 spiro atoms. The first-order valence-corrected chi connectivity index (χ1v) is 13.0. The second-order valence-electron chi connectivity index (χ2n) is 8.09. The number of nitrogens with zero attached hydrogens (tertiary/aromatic N) is 2. The summed E-state index contributed by atoms with van der Waals surface area (Å²) >= 11 is 2.82. The van der Waals surface area contributed by atoms with Crippen LogP contribution in [-0.4, -0.2) is 33.3 Å². The Morgan fingerprint density at radius 3 is 2.73 bits per heavy atom. The molecule has 0 bridgehead atoms. The Hall–Kier alpha value is -2.65. The standard InChI is InChI=1S/C24H28N4O3S2/c1-3-25-23(31)26-20(29)15(2)32-24-27-21-19(17-11-7-8-12-18(17)33-21)22(30)28(24)14-13-16-9-5-4-6-10-16/h4-6,9-10,15H,3,7-8,11-14H2,1-2H3,(H2,25,26,29,31). The second kappa shape index (κ2) is 10.5. The van der Waals surface area contributed by atoms with Crippen LogP contribution in [-0.2, 0) is 30.6 Å². The molecule has 174 valence electrons. The van der Waals surface area contributed by atoms with E-state index in [-0.39, 0.29) is 5.56 Å². The van der Waals surface area contributed by atoms with Crippen LogP contribution in [0.15, 0.2) is 40.3 Å². The molecule has 1 atom stereocenters. The number of benzene rings is 1. The van der Waals surface area contributed by atoms with Crippen LogP contribution in [0.1, 0.15) is 42.7 Å². The normalized spacial score (nSPS) is 14.0. The molecule has 0 aliphatic heterocycles. The minimum Gasteiger partial charge on any atom is -0.338 e. The maximum absolute atomic E-state index is 13.7. The summed E-state index contributed by atoms with van der Waals surface area (Å²) in [5.74, 6) is -0.416. The lowest BCUT2D eigenvalue weighted by Gasteiger charge is -2.16. The van der Waals surface area contributed by atoms with Gasteiger partial charge in [0, 0.05) is 18.0 Å². The largest absolute Gasteiger partial charge is 0.338 e. The van der Waals surface area contributed by atoms with Crippen molar-refractivity contribution in [3.63, 3.8) is 0 Å². The molecule has 0 fully saturated rings. The zero-order valence-corrected chi connectivity index (χ0v) is 20.5. The Kier molecular flexibility index (Phi) is 7.49. The first kappa shape index (κ1) is 23.5. The zero-order valence-electron chi connectivity index (χ0n) is 18.8. The van der Waals surface area contributed by atoms with E-state index in [4.69, 9.17) is 4.98 Å². The van der Waals surface area contributed by atoms with Gasteiger partial charge in [-0.15, -0.1) is 11.3 Å². The van der Waals surface area contributed by atoms with Gasteiger partial charge in [-0.3, -0.25) is 19.5 Å².